The molecule has 0 atom stereocenters. The molecule has 0 aliphatic carbocycles. The summed E-state index contributed by atoms with van der Waals surface area (Å²) in [6, 6.07) is 13.2. The van der Waals surface area contributed by atoms with Gasteiger partial charge in [-0.15, -0.1) is 24.0 Å². The summed E-state index contributed by atoms with van der Waals surface area (Å²) < 4.78 is 2.14. The van der Waals surface area contributed by atoms with Crippen LogP contribution < -0.4 is 5.32 Å². The molecule has 0 unspecified atom stereocenters. The van der Waals surface area contributed by atoms with E-state index in [2.05, 4.69) is 93.2 Å². The summed E-state index contributed by atoms with van der Waals surface area (Å²) in [6.45, 7) is 10.8. The maximum Gasteiger partial charge on any atom is 0.194 e. The number of aliphatic imine (C=N–C) groups is 1. The third kappa shape index (κ3) is 6.99. The molecule has 6 nitrogen and oxygen atoms in total. The SMILES string of the molecule is CCN1CCN(Cc2ccc(CNC(=NC)N(C)Cc3cccn3C)cc2)CC1.I. The molecule has 1 saturated heterocycles. The van der Waals surface area contributed by atoms with Crippen LogP contribution >= 0.6 is 24.0 Å². The number of benzene rings is 1. The first kappa shape index (κ1) is 24.7. The van der Waals surface area contributed by atoms with Crippen molar-refractivity contribution in [3.8, 4) is 0 Å². The molecule has 166 valence electrons. The number of halogens is 1. The fourth-order valence-electron chi connectivity index (χ4n) is 3.83. The standard InChI is InChI=1S/C23H36N6.HI/c1-5-28-13-15-29(16-14-28)18-21-10-8-20(9-11-21)17-25-23(24-2)27(4)19-22-7-6-12-26(22)3;/h6-12H,5,13-19H2,1-4H3,(H,24,25);1H. The number of piperazine rings is 1. The summed E-state index contributed by atoms with van der Waals surface area (Å²) in [6.07, 6.45) is 2.07. The maximum absolute atomic E-state index is 4.43. The Kier molecular flexibility index (Phi) is 10.1. The highest BCUT2D eigenvalue weighted by Crippen LogP contribution is 2.11. The monoisotopic (exact) mass is 524 g/mol. The third-order valence-corrected chi connectivity index (χ3v) is 5.82. The van der Waals surface area contributed by atoms with Crippen molar-refractivity contribution < 1.29 is 0 Å². The Bertz CT molecular complexity index is 777. The van der Waals surface area contributed by atoms with Crippen LogP contribution in [0.15, 0.2) is 47.6 Å². The number of likely N-dealkylation sites (N-methyl/N-ethyl adjacent to an activating group) is 1. The van der Waals surface area contributed by atoms with Gasteiger partial charge in [0.1, 0.15) is 0 Å². The van der Waals surface area contributed by atoms with Gasteiger partial charge in [0.05, 0.1) is 6.54 Å². The molecule has 3 rings (SSSR count). The van der Waals surface area contributed by atoms with Crippen molar-refractivity contribution in [2.45, 2.75) is 26.6 Å². The van der Waals surface area contributed by atoms with Gasteiger partial charge in [-0.25, -0.2) is 0 Å². The molecule has 1 aromatic carbocycles. The quantitative estimate of drug-likeness (QED) is 0.344. The van der Waals surface area contributed by atoms with Gasteiger partial charge < -0.3 is 19.7 Å². The van der Waals surface area contributed by atoms with Gasteiger partial charge in [0.15, 0.2) is 5.96 Å². The molecule has 1 fully saturated rings. The molecule has 1 aliphatic rings. The number of nitrogens with one attached hydrogen (secondary N) is 1. The van der Waals surface area contributed by atoms with Crippen LogP contribution in [0.2, 0.25) is 0 Å². The molecule has 2 aromatic rings. The van der Waals surface area contributed by atoms with E-state index in [0.717, 1.165) is 25.6 Å². The van der Waals surface area contributed by atoms with Gasteiger partial charge in [-0.05, 0) is 29.8 Å². The van der Waals surface area contributed by atoms with Crippen molar-refractivity contribution in [1.29, 1.82) is 0 Å². The zero-order valence-electron chi connectivity index (χ0n) is 18.8. The van der Waals surface area contributed by atoms with Gasteiger partial charge in [0.25, 0.3) is 0 Å². The van der Waals surface area contributed by atoms with E-state index in [0.29, 0.717) is 0 Å². The van der Waals surface area contributed by atoms with Crippen LogP contribution in [0.4, 0.5) is 0 Å². The molecular weight excluding hydrogens is 487 g/mol. The molecule has 0 bridgehead atoms. The highest BCUT2D eigenvalue weighted by atomic mass is 127. The molecule has 0 saturated carbocycles. The molecule has 0 spiro atoms. The maximum atomic E-state index is 4.43. The van der Waals surface area contributed by atoms with E-state index < -0.39 is 0 Å². The topological polar surface area (TPSA) is 39.0 Å². The lowest BCUT2D eigenvalue weighted by atomic mass is 10.1. The van der Waals surface area contributed by atoms with Gasteiger partial charge in [0.2, 0.25) is 0 Å². The first-order valence-corrected chi connectivity index (χ1v) is 10.6. The second-order valence-electron chi connectivity index (χ2n) is 7.89. The zero-order chi connectivity index (χ0) is 20.6. The van der Waals surface area contributed by atoms with Crippen molar-refractivity contribution in [3.63, 3.8) is 0 Å². The Balaban J connectivity index is 0.00000320. The van der Waals surface area contributed by atoms with E-state index in [4.69, 9.17) is 0 Å². The molecule has 1 aliphatic heterocycles. The first-order valence-electron chi connectivity index (χ1n) is 10.6. The molecule has 2 heterocycles. The number of nitrogens with zero attached hydrogens (tertiary/aromatic N) is 5. The van der Waals surface area contributed by atoms with Gasteiger partial charge in [-0.3, -0.25) is 9.89 Å². The average molecular weight is 524 g/mol. The number of aryl methyl sites for hydroxylation is 1. The fraction of sp³-hybridized carbons (Fsp3) is 0.522. The summed E-state index contributed by atoms with van der Waals surface area (Å²) in [5.41, 5.74) is 3.93. The summed E-state index contributed by atoms with van der Waals surface area (Å²) in [5, 5.41) is 3.48. The zero-order valence-corrected chi connectivity index (χ0v) is 21.2. The van der Waals surface area contributed by atoms with Crippen LogP contribution in [0, 0.1) is 0 Å². The Hall–Kier alpha value is -1.58. The smallest absolute Gasteiger partial charge is 0.194 e. The van der Waals surface area contributed by atoms with Crippen molar-refractivity contribution >= 4 is 29.9 Å². The molecule has 1 aromatic heterocycles. The molecule has 1 N–H and O–H groups in total. The summed E-state index contributed by atoms with van der Waals surface area (Å²) in [5.74, 6) is 0.907. The Labute approximate surface area is 199 Å². The number of rotatable bonds is 7. The Morgan fingerprint density at radius 3 is 2.23 bits per heavy atom. The molecular formula is C23H37IN6. The van der Waals surface area contributed by atoms with Gasteiger partial charge >= 0.3 is 0 Å². The van der Waals surface area contributed by atoms with E-state index in [1.165, 1.54) is 49.5 Å². The summed E-state index contributed by atoms with van der Waals surface area (Å²) >= 11 is 0. The second-order valence-corrected chi connectivity index (χ2v) is 7.89. The number of hydrogen-bond acceptors (Lipinski definition) is 3. The van der Waals surface area contributed by atoms with E-state index in [9.17, 15) is 0 Å². The van der Waals surface area contributed by atoms with Crippen molar-refractivity contribution in [2.24, 2.45) is 12.0 Å². The van der Waals surface area contributed by atoms with Crippen LogP contribution in [-0.2, 0) is 26.7 Å². The highest BCUT2D eigenvalue weighted by molar-refractivity contribution is 14.0. The molecule has 30 heavy (non-hydrogen) atoms. The number of guanidine groups is 1. The lowest BCUT2D eigenvalue weighted by Gasteiger charge is -2.34. The average Bonchev–Trinajstić information content (AvgIpc) is 3.14. The van der Waals surface area contributed by atoms with Gasteiger partial charge in [-0.2, -0.15) is 0 Å². The van der Waals surface area contributed by atoms with E-state index in [-0.39, 0.29) is 24.0 Å². The Morgan fingerprint density at radius 1 is 1.03 bits per heavy atom. The first-order chi connectivity index (χ1) is 14.1. The van der Waals surface area contributed by atoms with Crippen molar-refractivity contribution in [1.82, 2.24) is 24.6 Å². The summed E-state index contributed by atoms with van der Waals surface area (Å²) in [4.78, 5) is 11.7. The van der Waals surface area contributed by atoms with Crippen LogP contribution in [-0.4, -0.2) is 72.0 Å². The largest absolute Gasteiger partial charge is 0.353 e. The third-order valence-electron chi connectivity index (χ3n) is 5.82. The second kappa shape index (κ2) is 12.3. The van der Waals surface area contributed by atoms with E-state index >= 15 is 0 Å². The number of aromatic nitrogens is 1. The van der Waals surface area contributed by atoms with Crippen LogP contribution in [0.25, 0.3) is 0 Å². The fourth-order valence-corrected chi connectivity index (χ4v) is 3.83. The Morgan fingerprint density at radius 2 is 1.67 bits per heavy atom. The van der Waals surface area contributed by atoms with Crippen molar-refractivity contribution in [3.05, 3.63) is 59.4 Å². The molecule has 0 amide bonds. The minimum absolute atomic E-state index is 0. The lowest BCUT2D eigenvalue weighted by Crippen LogP contribution is -2.45. The van der Waals surface area contributed by atoms with E-state index in [1.807, 2.05) is 7.05 Å². The summed E-state index contributed by atoms with van der Waals surface area (Å²) in [7, 11) is 5.99. The van der Waals surface area contributed by atoms with Crippen LogP contribution in [0.3, 0.4) is 0 Å². The van der Waals surface area contributed by atoms with Gasteiger partial charge in [-0.1, -0.05) is 31.2 Å². The molecule has 0 radical (unpaired) electrons. The van der Waals surface area contributed by atoms with E-state index in [1.54, 1.807) is 0 Å². The predicted octanol–water partition coefficient (Wildman–Crippen LogP) is 2.99. The number of hydrogen-bond donors (Lipinski definition) is 1. The normalized spacial score (nSPS) is 15.7. The lowest BCUT2D eigenvalue weighted by molar-refractivity contribution is 0.132. The van der Waals surface area contributed by atoms with Crippen molar-refractivity contribution in [2.75, 3.05) is 46.8 Å². The van der Waals surface area contributed by atoms with Gasteiger partial charge in [0, 0.05) is 72.3 Å². The molecule has 7 heteroatoms. The predicted molar refractivity (Wildman–Crippen MR) is 136 cm³/mol. The highest BCUT2D eigenvalue weighted by Gasteiger charge is 2.15. The minimum Gasteiger partial charge on any atom is -0.353 e. The van der Waals surface area contributed by atoms with Crippen LogP contribution in [0.5, 0.6) is 0 Å². The van der Waals surface area contributed by atoms with Crippen LogP contribution in [0.1, 0.15) is 23.7 Å². The minimum atomic E-state index is 0.